The number of rotatable bonds is 2. The highest BCUT2D eigenvalue weighted by atomic mass is 35.5. The smallest absolute Gasteiger partial charge is 0.307 e. The Morgan fingerprint density at radius 1 is 1.44 bits per heavy atom. The maximum absolute atomic E-state index is 10.7. The minimum absolute atomic E-state index is 0.0673. The molecule has 5 heteroatoms. The van der Waals surface area contributed by atoms with Crippen molar-refractivity contribution in [3.8, 4) is 11.5 Å². The van der Waals surface area contributed by atoms with Gasteiger partial charge in [-0.25, -0.2) is 0 Å². The van der Waals surface area contributed by atoms with Crippen LogP contribution in [0.25, 0.3) is 0 Å². The summed E-state index contributed by atoms with van der Waals surface area (Å²) < 4.78 is 10.8. The molecule has 0 atom stereocenters. The highest BCUT2D eigenvalue weighted by Gasteiger charge is 2.21. The average molecular weight is 243 g/mol. The predicted octanol–water partition coefficient (Wildman–Crippen LogP) is 2.05. The van der Waals surface area contributed by atoms with Crippen LogP contribution in [0.1, 0.15) is 11.1 Å². The lowest BCUT2D eigenvalue weighted by atomic mass is 10.0. The second-order valence-electron chi connectivity index (χ2n) is 3.57. The minimum atomic E-state index is -0.893. The monoisotopic (exact) mass is 242 g/mol. The largest absolute Gasteiger partial charge is 0.486 e. The second kappa shape index (κ2) is 4.22. The lowest BCUT2D eigenvalue weighted by Crippen LogP contribution is -2.17. The number of benzene rings is 1. The van der Waals surface area contributed by atoms with Gasteiger partial charge in [0.1, 0.15) is 13.2 Å². The normalized spacial score (nSPS) is 13.6. The third-order valence-electron chi connectivity index (χ3n) is 2.46. The molecule has 0 amide bonds. The lowest BCUT2D eigenvalue weighted by molar-refractivity contribution is -0.136. The van der Waals surface area contributed by atoms with Gasteiger partial charge in [-0.05, 0) is 24.1 Å². The van der Waals surface area contributed by atoms with Crippen molar-refractivity contribution in [2.24, 2.45) is 0 Å². The molecule has 1 heterocycles. The Morgan fingerprint density at radius 2 is 2.06 bits per heavy atom. The third kappa shape index (κ3) is 1.93. The number of hydrogen-bond acceptors (Lipinski definition) is 3. The quantitative estimate of drug-likeness (QED) is 0.862. The molecule has 16 heavy (non-hydrogen) atoms. The fourth-order valence-corrected chi connectivity index (χ4v) is 1.97. The molecule has 0 fully saturated rings. The van der Waals surface area contributed by atoms with Gasteiger partial charge < -0.3 is 14.6 Å². The molecule has 1 N–H and O–H groups in total. The summed E-state index contributed by atoms with van der Waals surface area (Å²) in [7, 11) is 0. The van der Waals surface area contributed by atoms with E-state index in [1.54, 1.807) is 6.07 Å². The number of halogens is 1. The van der Waals surface area contributed by atoms with Crippen LogP contribution in [0, 0.1) is 6.92 Å². The van der Waals surface area contributed by atoms with Gasteiger partial charge in [0.05, 0.1) is 11.4 Å². The summed E-state index contributed by atoms with van der Waals surface area (Å²) >= 11 is 6.00. The molecule has 86 valence electrons. The Kier molecular flexibility index (Phi) is 2.92. The molecule has 0 aliphatic carbocycles. The van der Waals surface area contributed by atoms with E-state index in [1.807, 2.05) is 6.92 Å². The molecule has 1 aromatic carbocycles. The van der Waals surface area contributed by atoms with Gasteiger partial charge >= 0.3 is 5.97 Å². The number of fused-ring (bicyclic) bond motifs is 1. The fourth-order valence-electron chi connectivity index (χ4n) is 1.69. The Balaban J connectivity index is 2.49. The van der Waals surface area contributed by atoms with E-state index < -0.39 is 5.97 Å². The lowest BCUT2D eigenvalue weighted by Gasteiger charge is -2.22. The molecule has 0 aromatic heterocycles. The molecule has 0 unspecified atom stereocenters. The van der Waals surface area contributed by atoms with Crippen LogP contribution in [0.5, 0.6) is 11.5 Å². The van der Waals surface area contributed by atoms with E-state index in [1.165, 1.54) is 0 Å². The van der Waals surface area contributed by atoms with Gasteiger partial charge in [-0.2, -0.15) is 0 Å². The number of carbonyl (C=O) groups is 1. The fraction of sp³-hybridized carbons (Fsp3) is 0.364. The van der Waals surface area contributed by atoms with Crippen molar-refractivity contribution in [1.29, 1.82) is 0 Å². The molecular weight excluding hydrogens is 232 g/mol. The zero-order valence-electron chi connectivity index (χ0n) is 8.75. The second-order valence-corrected chi connectivity index (χ2v) is 3.98. The van der Waals surface area contributed by atoms with Crippen molar-refractivity contribution in [2.75, 3.05) is 13.2 Å². The average Bonchev–Trinajstić information content (AvgIpc) is 2.25. The zero-order chi connectivity index (χ0) is 11.7. The molecular formula is C11H11ClO4. The molecule has 0 bridgehead atoms. The zero-order valence-corrected chi connectivity index (χ0v) is 9.50. The maximum atomic E-state index is 10.7. The van der Waals surface area contributed by atoms with Gasteiger partial charge in [0.2, 0.25) is 0 Å². The summed E-state index contributed by atoms with van der Waals surface area (Å²) in [5, 5.41) is 9.17. The molecule has 1 aliphatic rings. The number of hydrogen-bond donors (Lipinski definition) is 1. The van der Waals surface area contributed by atoms with Gasteiger partial charge in [0.25, 0.3) is 0 Å². The molecule has 0 spiro atoms. The maximum Gasteiger partial charge on any atom is 0.307 e. The van der Waals surface area contributed by atoms with Crippen molar-refractivity contribution in [3.05, 3.63) is 22.2 Å². The van der Waals surface area contributed by atoms with Crippen molar-refractivity contribution in [1.82, 2.24) is 0 Å². The first-order valence-electron chi connectivity index (χ1n) is 4.89. The topological polar surface area (TPSA) is 55.8 Å². The van der Waals surface area contributed by atoms with E-state index in [9.17, 15) is 4.79 Å². The van der Waals surface area contributed by atoms with Crippen LogP contribution in [0.2, 0.25) is 5.02 Å². The van der Waals surface area contributed by atoms with Gasteiger partial charge in [-0.3, -0.25) is 4.79 Å². The van der Waals surface area contributed by atoms with Crippen molar-refractivity contribution >= 4 is 17.6 Å². The molecule has 0 saturated carbocycles. The summed E-state index contributed by atoms with van der Waals surface area (Å²) in [6, 6.07) is 1.62. The summed E-state index contributed by atoms with van der Waals surface area (Å²) in [5.41, 5.74) is 1.43. The van der Waals surface area contributed by atoms with E-state index >= 15 is 0 Å². The van der Waals surface area contributed by atoms with Crippen LogP contribution >= 0.6 is 11.6 Å². The molecule has 1 aromatic rings. The third-order valence-corrected chi connectivity index (χ3v) is 2.74. The van der Waals surface area contributed by atoms with Crippen molar-refractivity contribution in [3.63, 3.8) is 0 Å². The number of aliphatic carboxylic acids is 1. The predicted molar refractivity (Wildman–Crippen MR) is 58.5 cm³/mol. The SMILES string of the molecule is Cc1c(CC(=O)O)cc(Cl)c2c1OCCO2. The minimum Gasteiger partial charge on any atom is -0.486 e. The van der Waals surface area contributed by atoms with E-state index in [2.05, 4.69) is 0 Å². The van der Waals surface area contributed by atoms with Crippen LogP contribution < -0.4 is 9.47 Å². The van der Waals surface area contributed by atoms with Crippen LogP contribution in [0.4, 0.5) is 0 Å². The van der Waals surface area contributed by atoms with Gasteiger partial charge in [0, 0.05) is 0 Å². The van der Waals surface area contributed by atoms with E-state index in [-0.39, 0.29) is 6.42 Å². The number of carboxylic acid groups (broad SMARTS) is 1. The van der Waals surface area contributed by atoms with Crippen molar-refractivity contribution < 1.29 is 19.4 Å². The highest BCUT2D eigenvalue weighted by molar-refractivity contribution is 6.32. The van der Waals surface area contributed by atoms with Gasteiger partial charge in [0.15, 0.2) is 11.5 Å². The van der Waals surface area contributed by atoms with Gasteiger partial charge in [-0.15, -0.1) is 0 Å². The summed E-state index contributed by atoms with van der Waals surface area (Å²) in [6.45, 7) is 2.73. The molecule has 0 saturated heterocycles. The first-order chi connectivity index (χ1) is 7.59. The summed E-state index contributed by atoms with van der Waals surface area (Å²) in [6.07, 6.45) is -0.0673. The summed E-state index contributed by atoms with van der Waals surface area (Å²) in [5.74, 6) is 0.186. The summed E-state index contributed by atoms with van der Waals surface area (Å²) in [4.78, 5) is 10.7. The number of ether oxygens (including phenoxy) is 2. The highest BCUT2D eigenvalue weighted by Crippen LogP contribution is 2.41. The number of carboxylic acids is 1. The van der Waals surface area contributed by atoms with E-state index in [4.69, 9.17) is 26.2 Å². The van der Waals surface area contributed by atoms with Crippen molar-refractivity contribution in [2.45, 2.75) is 13.3 Å². The first kappa shape index (κ1) is 11.1. The molecule has 4 nitrogen and oxygen atoms in total. The molecule has 1 aliphatic heterocycles. The Labute approximate surface area is 97.7 Å². The van der Waals surface area contributed by atoms with Gasteiger partial charge in [-0.1, -0.05) is 11.6 Å². The Bertz CT molecular complexity index is 442. The molecule has 2 rings (SSSR count). The van der Waals surface area contributed by atoms with E-state index in [0.717, 1.165) is 5.56 Å². The van der Waals surface area contributed by atoms with Crippen LogP contribution in [0.3, 0.4) is 0 Å². The van der Waals surface area contributed by atoms with E-state index in [0.29, 0.717) is 35.3 Å². The molecule has 0 radical (unpaired) electrons. The van der Waals surface area contributed by atoms with Crippen LogP contribution in [0.15, 0.2) is 6.07 Å². The first-order valence-corrected chi connectivity index (χ1v) is 5.26. The van der Waals surface area contributed by atoms with Crippen LogP contribution in [-0.4, -0.2) is 24.3 Å². The Hall–Kier alpha value is -1.42. The standard InChI is InChI=1S/C11H11ClO4/c1-6-7(5-9(13)14)4-8(12)11-10(6)15-2-3-16-11/h4H,2-3,5H2,1H3,(H,13,14). The Morgan fingerprint density at radius 3 is 2.69 bits per heavy atom. The van der Waals surface area contributed by atoms with Crippen LogP contribution in [-0.2, 0) is 11.2 Å².